The Hall–Kier alpha value is -1.06. The summed E-state index contributed by atoms with van der Waals surface area (Å²) in [5.41, 5.74) is 1.34. The van der Waals surface area contributed by atoms with Crippen LogP contribution in [0.25, 0.3) is 0 Å². The molecule has 1 aliphatic rings. The Morgan fingerprint density at radius 3 is 2.38 bits per heavy atom. The van der Waals surface area contributed by atoms with E-state index in [0.29, 0.717) is 0 Å². The first kappa shape index (κ1) is 16.3. The standard InChI is InChI=1S/C18H30N2O/c1-20(15-16-9-11-18(21-2)12-10-16)14-13-19-17-7-5-3-4-6-8-17/h9-12,17,19H,3-8,13-15H2,1-2H3. The van der Waals surface area contributed by atoms with Crippen LogP contribution in [0.4, 0.5) is 0 Å². The molecule has 1 aliphatic carbocycles. The van der Waals surface area contributed by atoms with Crippen LogP contribution in [0.3, 0.4) is 0 Å². The number of benzene rings is 1. The highest BCUT2D eigenvalue weighted by Gasteiger charge is 2.11. The number of rotatable bonds is 7. The number of nitrogens with zero attached hydrogens (tertiary/aromatic N) is 1. The summed E-state index contributed by atoms with van der Waals surface area (Å²) in [6, 6.07) is 9.11. The highest BCUT2D eigenvalue weighted by atomic mass is 16.5. The zero-order valence-electron chi connectivity index (χ0n) is 13.6. The van der Waals surface area contributed by atoms with Gasteiger partial charge in [0, 0.05) is 25.7 Å². The van der Waals surface area contributed by atoms with E-state index in [2.05, 4.69) is 29.4 Å². The lowest BCUT2D eigenvalue weighted by Gasteiger charge is -2.20. The van der Waals surface area contributed by atoms with E-state index in [-0.39, 0.29) is 0 Å². The first-order valence-corrected chi connectivity index (χ1v) is 8.33. The predicted octanol–water partition coefficient (Wildman–Crippen LogP) is 3.44. The van der Waals surface area contributed by atoms with Gasteiger partial charge in [-0.25, -0.2) is 0 Å². The van der Waals surface area contributed by atoms with Crippen LogP contribution < -0.4 is 10.1 Å². The van der Waals surface area contributed by atoms with Crippen LogP contribution in [0.2, 0.25) is 0 Å². The van der Waals surface area contributed by atoms with Gasteiger partial charge in [0.1, 0.15) is 5.75 Å². The fourth-order valence-electron chi connectivity index (χ4n) is 3.06. The first-order valence-electron chi connectivity index (χ1n) is 8.33. The molecule has 1 aromatic carbocycles. The van der Waals surface area contributed by atoms with Crippen LogP contribution >= 0.6 is 0 Å². The lowest BCUT2D eigenvalue weighted by atomic mass is 10.1. The quantitative estimate of drug-likeness (QED) is 0.779. The molecule has 0 saturated heterocycles. The number of hydrogen-bond acceptors (Lipinski definition) is 3. The Kier molecular flexibility index (Phi) is 7.04. The van der Waals surface area contributed by atoms with Gasteiger partial charge in [-0.3, -0.25) is 0 Å². The zero-order chi connectivity index (χ0) is 14.9. The molecule has 0 aromatic heterocycles. The largest absolute Gasteiger partial charge is 0.497 e. The molecule has 118 valence electrons. The maximum atomic E-state index is 5.19. The van der Waals surface area contributed by atoms with E-state index in [0.717, 1.165) is 31.4 Å². The minimum atomic E-state index is 0.752. The Morgan fingerprint density at radius 1 is 1.10 bits per heavy atom. The van der Waals surface area contributed by atoms with E-state index in [9.17, 15) is 0 Å². The Morgan fingerprint density at radius 2 is 1.76 bits per heavy atom. The molecule has 0 heterocycles. The van der Waals surface area contributed by atoms with Gasteiger partial charge in [0.2, 0.25) is 0 Å². The van der Waals surface area contributed by atoms with Crippen LogP contribution in [0.1, 0.15) is 44.1 Å². The zero-order valence-corrected chi connectivity index (χ0v) is 13.6. The van der Waals surface area contributed by atoms with Crippen molar-refractivity contribution in [3.05, 3.63) is 29.8 Å². The van der Waals surface area contributed by atoms with Crippen molar-refractivity contribution in [3.63, 3.8) is 0 Å². The molecule has 0 spiro atoms. The van der Waals surface area contributed by atoms with E-state index in [1.54, 1.807) is 7.11 Å². The van der Waals surface area contributed by atoms with Crippen molar-refractivity contribution >= 4 is 0 Å². The van der Waals surface area contributed by atoms with Crippen molar-refractivity contribution in [3.8, 4) is 5.75 Å². The fourth-order valence-corrected chi connectivity index (χ4v) is 3.06. The fraction of sp³-hybridized carbons (Fsp3) is 0.667. The lowest BCUT2D eigenvalue weighted by Crippen LogP contribution is -2.35. The molecule has 1 aromatic rings. The summed E-state index contributed by atoms with van der Waals surface area (Å²) in [6.07, 6.45) is 8.38. The van der Waals surface area contributed by atoms with Crippen LogP contribution in [-0.2, 0) is 6.54 Å². The maximum Gasteiger partial charge on any atom is 0.118 e. The molecule has 2 rings (SSSR count). The lowest BCUT2D eigenvalue weighted by molar-refractivity contribution is 0.312. The molecule has 1 fully saturated rings. The Labute approximate surface area is 129 Å². The summed E-state index contributed by atoms with van der Waals surface area (Å²) < 4.78 is 5.19. The highest BCUT2D eigenvalue weighted by Crippen LogP contribution is 2.17. The van der Waals surface area contributed by atoms with Crippen molar-refractivity contribution in [2.24, 2.45) is 0 Å². The second kappa shape index (κ2) is 9.06. The molecule has 3 heteroatoms. The molecule has 0 atom stereocenters. The molecular formula is C18H30N2O. The molecule has 0 aliphatic heterocycles. The van der Waals surface area contributed by atoms with Crippen molar-refractivity contribution in [1.82, 2.24) is 10.2 Å². The normalized spacial score (nSPS) is 16.9. The number of nitrogens with one attached hydrogen (secondary N) is 1. The third-order valence-electron chi connectivity index (χ3n) is 4.39. The van der Waals surface area contributed by atoms with Crippen LogP contribution in [0.15, 0.2) is 24.3 Å². The molecule has 0 unspecified atom stereocenters. The van der Waals surface area contributed by atoms with Gasteiger partial charge in [-0.1, -0.05) is 37.8 Å². The van der Waals surface area contributed by atoms with E-state index >= 15 is 0 Å². The Bertz CT molecular complexity index is 383. The van der Waals surface area contributed by atoms with Crippen LogP contribution in [-0.4, -0.2) is 38.2 Å². The van der Waals surface area contributed by atoms with Gasteiger partial charge in [0.15, 0.2) is 0 Å². The molecular weight excluding hydrogens is 260 g/mol. The molecule has 1 N–H and O–H groups in total. The smallest absolute Gasteiger partial charge is 0.118 e. The number of likely N-dealkylation sites (N-methyl/N-ethyl adjacent to an activating group) is 1. The topological polar surface area (TPSA) is 24.5 Å². The second-order valence-corrected chi connectivity index (χ2v) is 6.23. The predicted molar refractivity (Wildman–Crippen MR) is 88.8 cm³/mol. The van der Waals surface area contributed by atoms with Crippen molar-refractivity contribution in [1.29, 1.82) is 0 Å². The van der Waals surface area contributed by atoms with Gasteiger partial charge >= 0.3 is 0 Å². The summed E-state index contributed by atoms with van der Waals surface area (Å²) in [5, 5.41) is 3.73. The summed E-state index contributed by atoms with van der Waals surface area (Å²) >= 11 is 0. The van der Waals surface area contributed by atoms with E-state index < -0.39 is 0 Å². The van der Waals surface area contributed by atoms with E-state index in [4.69, 9.17) is 4.74 Å². The second-order valence-electron chi connectivity index (χ2n) is 6.23. The molecule has 0 amide bonds. The molecule has 3 nitrogen and oxygen atoms in total. The summed E-state index contributed by atoms with van der Waals surface area (Å²) in [5.74, 6) is 0.927. The minimum absolute atomic E-state index is 0.752. The number of methoxy groups -OCH3 is 1. The van der Waals surface area contributed by atoms with Gasteiger partial charge in [-0.2, -0.15) is 0 Å². The average molecular weight is 290 g/mol. The van der Waals surface area contributed by atoms with E-state index in [1.165, 1.54) is 44.1 Å². The summed E-state index contributed by atoms with van der Waals surface area (Å²) in [6.45, 7) is 3.19. The van der Waals surface area contributed by atoms with Crippen molar-refractivity contribution in [2.45, 2.75) is 51.1 Å². The van der Waals surface area contributed by atoms with Gasteiger partial charge in [-0.05, 0) is 37.6 Å². The molecule has 0 bridgehead atoms. The number of hydrogen-bond donors (Lipinski definition) is 1. The molecule has 1 saturated carbocycles. The highest BCUT2D eigenvalue weighted by molar-refractivity contribution is 5.26. The minimum Gasteiger partial charge on any atom is -0.497 e. The molecule has 0 radical (unpaired) electrons. The van der Waals surface area contributed by atoms with Gasteiger partial charge in [-0.15, -0.1) is 0 Å². The van der Waals surface area contributed by atoms with Gasteiger partial charge in [0.25, 0.3) is 0 Å². The van der Waals surface area contributed by atoms with Crippen LogP contribution in [0, 0.1) is 0 Å². The Balaban J connectivity index is 1.65. The summed E-state index contributed by atoms with van der Waals surface area (Å²) in [4.78, 5) is 2.38. The van der Waals surface area contributed by atoms with Crippen molar-refractivity contribution < 1.29 is 4.74 Å². The SMILES string of the molecule is COc1ccc(CN(C)CCNC2CCCCCC2)cc1. The van der Waals surface area contributed by atoms with E-state index in [1.807, 2.05) is 12.1 Å². The summed E-state index contributed by atoms with van der Waals surface area (Å²) in [7, 11) is 3.90. The maximum absolute atomic E-state index is 5.19. The van der Waals surface area contributed by atoms with Crippen molar-refractivity contribution in [2.75, 3.05) is 27.2 Å². The van der Waals surface area contributed by atoms with Gasteiger partial charge < -0.3 is 15.0 Å². The first-order chi connectivity index (χ1) is 10.3. The molecule has 21 heavy (non-hydrogen) atoms. The third kappa shape index (κ3) is 6.06. The third-order valence-corrected chi connectivity index (χ3v) is 4.39. The monoisotopic (exact) mass is 290 g/mol. The number of ether oxygens (including phenoxy) is 1. The van der Waals surface area contributed by atoms with Gasteiger partial charge in [0.05, 0.1) is 7.11 Å². The average Bonchev–Trinajstić information content (AvgIpc) is 2.77. The van der Waals surface area contributed by atoms with Crippen LogP contribution in [0.5, 0.6) is 5.75 Å².